The molecule has 0 saturated carbocycles. The second kappa shape index (κ2) is 3.34. The molecule has 0 heterocycles. The van der Waals surface area contributed by atoms with Crippen LogP contribution in [0, 0.1) is 0 Å². The van der Waals surface area contributed by atoms with Crippen LogP contribution in [0.4, 0.5) is 0 Å². The van der Waals surface area contributed by atoms with E-state index >= 15 is 0 Å². The van der Waals surface area contributed by atoms with Crippen molar-refractivity contribution in [3.05, 3.63) is 0 Å². The molecule has 0 unspecified atom stereocenters. The molecule has 0 aromatic carbocycles. The summed E-state index contributed by atoms with van der Waals surface area (Å²) >= 11 is 0. The maximum atomic E-state index is 8.29. The molecular formula is C2H10O6P2+2. The van der Waals surface area contributed by atoms with Crippen LogP contribution in [0.5, 0.6) is 0 Å². The van der Waals surface area contributed by atoms with Gasteiger partial charge in [0.1, 0.15) is 0 Å². The van der Waals surface area contributed by atoms with Gasteiger partial charge in [-0.15, -0.1) is 0 Å². The number of rotatable bonds is 3. The summed E-state index contributed by atoms with van der Waals surface area (Å²) in [5, 5.41) is 0. The lowest BCUT2D eigenvalue weighted by atomic mass is 11.0. The van der Waals surface area contributed by atoms with Gasteiger partial charge in [-0.3, -0.25) is 0 Å². The number of hydrogen-bond donors (Lipinski definition) is 6. The van der Waals surface area contributed by atoms with Gasteiger partial charge < -0.3 is 0 Å². The summed E-state index contributed by atoms with van der Waals surface area (Å²) in [6, 6.07) is 0. The third-order valence-corrected chi connectivity index (χ3v) is 2.70. The highest BCUT2D eigenvalue weighted by Crippen LogP contribution is 2.52. The molecule has 0 rings (SSSR count). The average molecular weight is 192 g/mol. The standard InChI is InChI=1S/C2H10O6P2/c3-9(4,5)1-2-10(6,7)8/h3-8H,1-2H2/q+2. The van der Waals surface area contributed by atoms with Crippen LogP contribution in [-0.4, -0.2) is 41.7 Å². The second-order valence-electron chi connectivity index (χ2n) is 1.83. The first-order valence-electron chi connectivity index (χ1n) is 2.33. The van der Waals surface area contributed by atoms with Crippen molar-refractivity contribution >= 4 is 15.9 Å². The van der Waals surface area contributed by atoms with E-state index in [0.717, 1.165) is 0 Å². The molecule has 0 aromatic rings. The van der Waals surface area contributed by atoms with Crippen LogP contribution in [-0.2, 0) is 0 Å². The van der Waals surface area contributed by atoms with Crippen molar-refractivity contribution in [2.45, 2.75) is 0 Å². The van der Waals surface area contributed by atoms with Crippen molar-refractivity contribution in [2.75, 3.05) is 12.3 Å². The molecule has 0 radical (unpaired) electrons. The van der Waals surface area contributed by atoms with Crippen LogP contribution in [0.3, 0.4) is 0 Å². The fourth-order valence-electron chi connectivity index (χ4n) is 0.268. The summed E-state index contributed by atoms with van der Waals surface area (Å²) in [6.45, 7) is 0. The van der Waals surface area contributed by atoms with E-state index in [1.165, 1.54) is 0 Å². The predicted octanol–water partition coefficient (Wildman–Crippen LogP) is -1.53. The van der Waals surface area contributed by atoms with Gasteiger partial charge in [-0.2, -0.15) is 29.4 Å². The lowest BCUT2D eigenvalue weighted by Gasteiger charge is -2.04. The van der Waals surface area contributed by atoms with E-state index in [1.54, 1.807) is 0 Å². The van der Waals surface area contributed by atoms with Crippen molar-refractivity contribution in [3.8, 4) is 0 Å². The molecule has 0 aliphatic rings. The van der Waals surface area contributed by atoms with Crippen molar-refractivity contribution in [3.63, 3.8) is 0 Å². The van der Waals surface area contributed by atoms with E-state index in [0.29, 0.717) is 0 Å². The Labute approximate surface area is 58.6 Å². The minimum Gasteiger partial charge on any atom is -0.193 e. The van der Waals surface area contributed by atoms with Gasteiger partial charge in [-0.25, -0.2) is 0 Å². The Hall–Kier alpha value is 0.620. The van der Waals surface area contributed by atoms with Crippen LogP contribution in [0.1, 0.15) is 0 Å². The first-order chi connectivity index (χ1) is 4.21. The van der Waals surface area contributed by atoms with E-state index in [-0.39, 0.29) is 0 Å². The maximum Gasteiger partial charge on any atom is 0.407 e. The van der Waals surface area contributed by atoms with Crippen molar-refractivity contribution in [2.24, 2.45) is 0 Å². The van der Waals surface area contributed by atoms with Crippen LogP contribution < -0.4 is 0 Å². The molecule has 6 N–H and O–H groups in total. The van der Waals surface area contributed by atoms with E-state index in [9.17, 15) is 0 Å². The van der Waals surface area contributed by atoms with E-state index in [2.05, 4.69) is 0 Å². The van der Waals surface area contributed by atoms with Gasteiger partial charge in [-0.05, 0) is 0 Å². The largest absolute Gasteiger partial charge is 0.407 e. The minimum absolute atomic E-state index is 0.593. The van der Waals surface area contributed by atoms with Crippen LogP contribution in [0.2, 0.25) is 0 Å². The molecular weight excluding hydrogens is 182 g/mol. The first-order valence-corrected chi connectivity index (χ1v) is 6.00. The zero-order chi connectivity index (χ0) is 8.41. The Kier molecular flexibility index (Phi) is 3.55. The summed E-state index contributed by atoms with van der Waals surface area (Å²) in [7, 11) is -7.93. The summed E-state index contributed by atoms with van der Waals surface area (Å²) in [6.07, 6.45) is -1.19. The summed E-state index contributed by atoms with van der Waals surface area (Å²) < 4.78 is 0. The Morgan fingerprint density at radius 2 is 0.800 bits per heavy atom. The molecule has 0 amide bonds. The molecule has 0 aliphatic heterocycles. The molecule has 10 heavy (non-hydrogen) atoms. The normalized spacial score (nSPS) is 13.8. The zero-order valence-electron chi connectivity index (χ0n) is 4.99. The molecule has 0 saturated heterocycles. The Bertz CT molecular complexity index is 87.3. The van der Waals surface area contributed by atoms with Crippen molar-refractivity contribution in [1.82, 2.24) is 0 Å². The second-order valence-corrected chi connectivity index (χ2v) is 5.50. The van der Waals surface area contributed by atoms with Crippen LogP contribution in [0.25, 0.3) is 0 Å². The van der Waals surface area contributed by atoms with Gasteiger partial charge in [-0.1, -0.05) is 0 Å². The molecule has 0 atom stereocenters. The number of hydrogen-bond acceptors (Lipinski definition) is 6. The Balaban J connectivity index is 3.56. The third-order valence-electron chi connectivity index (χ3n) is 0.700. The Morgan fingerprint density at radius 1 is 0.600 bits per heavy atom. The molecule has 0 aliphatic carbocycles. The van der Waals surface area contributed by atoms with E-state index in [1.807, 2.05) is 0 Å². The molecule has 8 heteroatoms. The maximum absolute atomic E-state index is 8.29. The zero-order valence-corrected chi connectivity index (χ0v) is 6.78. The summed E-state index contributed by atoms with van der Waals surface area (Å²) in [5.74, 6) is 0. The van der Waals surface area contributed by atoms with Crippen molar-refractivity contribution < 1.29 is 29.4 Å². The monoisotopic (exact) mass is 192 g/mol. The Morgan fingerprint density at radius 3 is 0.900 bits per heavy atom. The van der Waals surface area contributed by atoms with E-state index in [4.69, 9.17) is 29.4 Å². The minimum atomic E-state index is -3.96. The van der Waals surface area contributed by atoms with Gasteiger partial charge in [0.25, 0.3) is 0 Å². The third kappa shape index (κ3) is 8.62. The lowest BCUT2D eigenvalue weighted by molar-refractivity contribution is 0.316. The van der Waals surface area contributed by atoms with Gasteiger partial charge in [0.15, 0.2) is 12.3 Å². The molecule has 0 fully saturated rings. The molecule has 0 spiro atoms. The van der Waals surface area contributed by atoms with E-state index < -0.39 is 28.2 Å². The highest BCUT2D eigenvalue weighted by Gasteiger charge is 2.40. The molecule has 6 nitrogen and oxygen atoms in total. The first kappa shape index (κ1) is 10.6. The van der Waals surface area contributed by atoms with Gasteiger partial charge in [0.05, 0.1) is 0 Å². The molecule has 0 aromatic heterocycles. The quantitative estimate of drug-likeness (QED) is 0.301. The van der Waals surface area contributed by atoms with Crippen LogP contribution in [0.15, 0.2) is 0 Å². The van der Waals surface area contributed by atoms with Gasteiger partial charge >= 0.3 is 15.9 Å². The lowest BCUT2D eigenvalue weighted by Crippen LogP contribution is -2.04. The van der Waals surface area contributed by atoms with Gasteiger partial charge in [0.2, 0.25) is 0 Å². The van der Waals surface area contributed by atoms with Crippen molar-refractivity contribution in [1.29, 1.82) is 0 Å². The fraction of sp³-hybridized carbons (Fsp3) is 1.00. The SMILES string of the molecule is O[P+](O)(O)CC[P+](O)(O)O. The van der Waals surface area contributed by atoms with Gasteiger partial charge in [0, 0.05) is 0 Å². The molecule has 0 bridgehead atoms. The topological polar surface area (TPSA) is 121 Å². The summed E-state index contributed by atoms with van der Waals surface area (Å²) in [4.78, 5) is 49.7. The van der Waals surface area contributed by atoms with Crippen LogP contribution >= 0.6 is 15.9 Å². The smallest absolute Gasteiger partial charge is 0.193 e. The molecule has 62 valence electrons. The predicted molar refractivity (Wildman–Crippen MR) is 36.9 cm³/mol. The highest BCUT2D eigenvalue weighted by atomic mass is 31.2. The fourth-order valence-corrected chi connectivity index (χ4v) is 2.41. The highest BCUT2D eigenvalue weighted by molar-refractivity contribution is 7.62. The summed E-state index contributed by atoms with van der Waals surface area (Å²) in [5.41, 5.74) is 0. The average Bonchev–Trinajstić information content (AvgIpc) is 1.57.